The first-order chi connectivity index (χ1) is 8.94. The fourth-order valence-electron chi connectivity index (χ4n) is 1.45. The Morgan fingerprint density at radius 1 is 1.42 bits per heavy atom. The molecule has 0 aliphatic carbocycles. The standard InChI is InChI=1S/C12H12ClN3O2S/c1-2-3-10(8-15)16-19(17,18)11-5-4-9(7-14)12(13)6-11/h4-6,10,16H,2-3H2,1H3. The molecule has 0 fully saturated rings. The average molecular weight is 298 g/mol. The van der Waals surface area contributed by atoms with E-state index >= 15 is 0 Å². The highest BCUT2D eigenvalue weighted by Gasteiger charge is 2.20. The number of sulfonamides is 1. The molecule has 0 amide bonds. The molecule has 7 heteroatoms. The van der Waals surface area contributed by atoms with E-state index in [4.69, 9.17) is 22.1 Å². The minimum absolute atomic E-state index is 0.0622. The van der Waals surface area contributed by atoms with Crippen LogP contribution in [0.15, 0.2) is 23.1 Å². The molecule has 0 aliphatic rings. The maximum atomic E-state index is 12.0. The lowest BCUT2D eigenvalue weighted by Gasteiger charge is -2.11. The van der Waals surface area contributed by atoms with Crippen molar-refractivity contribution in [3.8, 4) is 12.1 Å². The van der Waals surface area contributed by atoms with Gasteiger partial charge >= 0.3 is 0 Å². The molecule has 100 valence electrons. The van der Waals surface area contributed by atoms with Crippen LogP contribution in [0, 0.1) is 22.7 Å². The summed E-state index contributed by atoms with van der Waals surface area (Å²) in [4.78, 5) is -0.0622. The summed E-state index contributed by atoms with van der Waals surface area (Å²) >= 11 is 5.79. The Labute approximate surface area is 117 Å². The first-order valence-electron chi connectivity index (χ1n) is 5.56. The maximum absolute atomic E-state index is 12.0. The average Bonchev–Trinajstić information content (AvgIpc) is 2.37. The van der Waals surface area contributed by atoms with Crippen molar-refractivity contribution in [1.82, 2.24) is 4.72 Å². The Morgan fingerprint density at radius 3 is 2.58 bits per heavy atom. The van der Waals surface area contributed by atoms with E-state index in [2.05, 4.69) is 4.72 Å². The second kappa shape index (κ2) is 6.53. The summed E-state index contributed by atoms with van der Waals surface area (Å²) < 4.78 is 26.3. The predicted octanol–water partition coefficient (Wildman–Crippen LogP) is 2.18. The number of nitrogens with one attached hydrogen (secondary N) is 1. The lowest BCUT2D eigenvalue weighted by Crippen LogP contribution is -2.33. The van der Waals surface area contributed by atoms with Gasteiger partial charge in [0.1, 0.15) is 12.1 Å². The Kier molecular flexibility index (Phi) is 5.31. The van der Waals surface area contributed by atoms with E-state index in [9.17, 15) is 8.42 Å². The van der Waals surface area contributed by atoms with E-state index in [1.165, 1.54) is 18.2 Å². The van der Waals surface area contributed by atoms with Gasteiger partial charge in [0.05, 0.1) is 21.6 Å². The molecular formula is C12H12ClN3O2S. The van der Waals surface area contributed by atoms with Crippen molar-refractivity contribution in [1.29, 1.82) is 10.5 Å². The van der Waals surface area contributed by atoms with Gasteiger partial charge in [-0.1, -0.05) is 24.9 Å². The normalized spacial score (nSPS) is 12.4. The quantitative estimate of drug-likeness (QED) is 0.901. The van der Waals surface area contributed by atoms with Crippen molar-refractivity contribution in [2.24, 2.45) is 0 Å². The molecule has 5 nitrogen and oxygen atoms in total. The van der Waals surface area contributed by atoms with Gasteiger partial charge in [0, 0.05) is 0 Å². The largest absolute Gasteiger partial charge is 0.241 e. The Hall–Kier alpha value is -1.60. The monoisotopic (exact) mass is 297 g/mol. The lowest BCUT2D eigenvalue weighted by molar-refractivity contribution is 0.563. The molecule has 0 saturated heterocycles. The topological polar surface area (TPSA) is 93.8 Å². The molecule has 0 radical (unpaired) electrons. The summed E-state index contributed by atoms with van der Waals surface area (Å²) in [6.45, 7) is 1.86. The molecule has 1 atom stereocenters. The molecule has 1 aromatic carbocycles. The Morgan fingerprint density at radius 2 is 2.11 bits per heavy atom. The zero-order valence-corrected chi connectivity index (χ0v) is 11.8. The Balaban J connectivity index is 3.05. The summed E-state index contributed by atoms with van der Waals surface area (Å²) in [6, 6.07) is 6.78. The van der Waals surface area contributed by atoms with Crippen molar-refractivity contribution < 1.29 is 8.42 Å². The first kappa shape index (κ1) is 15.5. The minimum Gasteiger partial charge on any atom is -0.207 e. The molecule has 0 heterocycles. The molecule has 19 heavy (non-hydrogen) atoms. The third kappa shape index (κ3) is 3.93. The minimum atomic E-state index is -3.81. The zero-order chi connectivity index (χ0) is 14.5. The molecule has 0 spiro atoms. The van der Waals surface area contributed by atoms with Crippen LogP contribution in [0.25, 0.3) is 0 Å². The molecule has 1 aromatic rings. The number of benzene rings is 1. The molecular weight excluding hydrogens is 286 g/mol. The molecule has 0 aromatic heterocycles. The van der Waals surface area contributed by atoms with Crippen molar-refractivity contribution in [3.05, 3.63) is 28.8 Å². The van der Waals surface area contributed by atoms with E-state index < -0.39 is 16.1 Å². The maximum Gasteiger partial charge on any atom is 0.241 e. The van der Waals surface area contributed by atoms with E-state index in [0.717, 1.165) is 0 Å². The molecule has 0 bridgehead atoms. The van der Waals surface area contributed by atoms with Crippen LogP contribution in [0.4, 0.5) is 0 Å². The van der Waals surface area contributed by atoms with Gasteiger partial charge in [0.2, 0.25) is 10.0 Å². The van der Waals surface area contributed by atoms with Crippen molar-refractivity contribution in [3.63, 3.8) is 0 Å². The fourth-order valence-corrected chi connectivity index (χ4v) is 2.94. The second-order valence-corrected chi connectivity index (χ2v) is 5.97. The number of nitriles is 2. The van der Waals surface area contributed by atoms with Gasteiger partial charge < -0.3 is 0 Å². The van der Waals surface area contributed by atoms with Gasteiger partial charge in [-0.25, -0.2) is 8.42 Å². The van der Waals surface area contributed by atoms with Crippen LogP contribution < -0.4 is 4.72 Å². The third-order valence-corrected chi connectivity index (χ3v) is 4.18. The van der Waals surface area contributed by atoms with Crippen LogP contribution in [0.5, 0.6) is 0 Å². The van der Waals surface area contributed by atoms with E-state index in [0.29, 0.717) is 12.8 Å². The van der Waals surface area contributed by atoms with E-state index in [1.807, 2.05) is 19.1 Å². The highest BCUT2D eigenvalue weighted by molar-refractivity contribution is 7.89. The molecule has 1 unspecified atom stereocenters. The number of nitrogens with zero attached hydrogens (tertiary/aromatic N) is 2. The SMILES string of the molecule is CCCC(C#N)NS(=O)(=O)c1ccc(C#N)c(Cl)c1. The van der Waals surface area contributed by atoms with Gasteiger partial charge in [-0.3, -0.25) is 0 Å². The number of rotatable bonds is 5. The van der Waals surface area contributed by atoms with Crippen molar-refractivity contribution in [2.75, 3.05) is 0 Å². The van der Waals surface area contributed by atoms with Gasteiger partial charge in [-0.05, 0) is 24.6 Å². The van der Waals surface area contributed by atoms with Crippen molar-refractivity contribution in [2.45, 2.75) is 30.7 Å². The van der Waals surface area contributed by atoms with Crippen molar-refractivity contribution >= 4 is 21.6 Å². The molecule has 1 rings (SSSR count). The van der Waals surface area contributed by atoms with Crippen LogP contribution in [0.3, 0.4) is 0 Å². The first-order valence-corrected chi connectivity index (χ1v) is 7.42. The molecule has 1 N–H and O–H groups in total. The van der Waals surface area contributed by atoms with Crippen LogP contribution in [-0.2, 0) is 10.0 Å². The van der Waals surface area contributed by atoms with Gasteiger partial charge in [-0.15, -0.1) is 0 Å². The van der Waals surface area contributed by atoms with Gasteiger partial charge in [-0.2, -0.15) is 15.2 Å². The molecule has 0 saturated carbocycles. The smallest absolute Gasteiger partial charge is 0.207 e. The van der Waals surface area contributed by atoms with Crippen LogP contribution in [0.1, 0.15) is 25.3 Å². The fraction of sp³-hybridized carbons (Fsp3) is 0.333. The van der Waals surface area contributed by atoms with E-state index in [1.54, 1.807) is 0 Å². The van der Waals surface area contributed by atoms with E-state index in [-0.39, 0.29) is 15.5 Å². The lowest BCUT2D eigenvalue weighted by atomic mass is 10.2. The zero-order valence-electron chi connectivity index (χ0n) is 10.2. The molecule has 0 aliphatic heterocycles. The summed E-state index contributed by atoms with van der Waals surface area (Å²) in [5.41, 5.74) is 0.200. The predicted molar refractivity (Wildman–Crippen MR) is 70.8 cm³/mol. The number of hydrogen-bond acceptors (Lipinski definition) is 4. The summed E-state index contributed by atoms with van der Waals surface area (Å²) in [6.07, 6.45) is 1.12. The van der Waals surface area contributed by atoms with Crippen LogP contribution >= 0.6 is 11.6 Å². The number of hydrogen-bond donors (Lipinski definition) is 1. The Bertz CT molecular complexity index is 644. The van der Waals surface area contributed by atoms with Crippen LogP contribution in [0.2, 0.25) is 5.02 Å². The van der Waals surface area contributed by atoms with Gasteiger partial charge in [0.25, 0.3) is 0 Å². The van der Waals surface area contributed by atoms with Crippen LogP contribution in [-0.4, -0.2) is 14.5 Å². The highest BCUT2D eigenvalue weighted by atomic mass is 35.5. The summed E-state index contributed by atoms with van der Waals surface area (Å²) in [5, 5.41) is 17.6. The number of halogens is 1. The third-order valence-electron chi connectivity index (χ3n) is 2.40. The second-order valence-electron chi connectivity index (χ2n) is 3.85. The van der Waals surface area contributed by atoms with Gasteiger partial charge in [0.15, 0.2) is 0 Å². The summed E-state index contributed by atoms with van der Waals surface area (Å²) in [5.74, 6) is 0. The summed E-state index contributed by atoms with van der Waals surface area (Å²) in [7, 11) is -3.81. The highest BCUT2D eigenvalue weighted by Crippen LogP contribution is 2.20.